The van der Waals surface area contributed by atoms with E-state index in [9.17, 15) is 14.4 Å². The Morgan fingerprint density at radius 1 is 1.32 bits per heavy atom. The lowest BCUT2D eigenvalue weighted by molar-refractivity contribution is -0.143. The minimum Gasteiger partial charge on any atom is -0.493 e. The van der Waals surface area contributed by atoms with Gasteiger partial charge in [0.25, 0.3) is 11.1 Å². The van der Waals surface area contributed by atoms with E-state index in [-0.39, 0.29) is 11.4 Å². The molecule has 0 aliphatic carbocycles. The monoisotopic (exact) mass is 321 g/mol. The molecule has 1 aromatic carbocycles. The van der Waals surface area contributed by atoms with Crippen LogP contribution in [0.1, 0.15) is 12.5 Å². The predicted octanol–water partition coefficient (Wildman–Crippen LogP) is 2.29. The van der Waals surface area contributed by atoms with Crippen molar-refractivity contribution in [2.75, 3.05) is 20.3 Å². The fraction of sp³-hybridized carbons (Fsp3) is 0.267. The van der Waals surface area contributed by atoms with Crippen LogP contribution in [-0.4, -0.2) is 42.3 Å². The summed E-state index contributed by atoms with van der Waals surface area (Å²) in [5.74, 6) is -0.519. The summed E-state index contributed by atoms with van der Waals surface area (Å²) in [5.41, 5.74) is 0.702. The van der Waals surface area contributed by atoms with Crippen molar-refractivity contribution in [3.8, 4) is 5.75 Å². The molecule has 0 bridgehead atoms. The third kappa shape index (κ3) is 3.48. The number of amides is 2. The highest BCUT2D eigenvalue weighted by atomic mass is 32.2. The van der Waals surface area contributed by atoms with Crippen molar-refractivity contribution in [2.24, 2.45) is 0 Å². The molecule has 1 aliphatic heterocycles. The highest BCUT2D eigenvalue weighted by molar-refractivity contribution is 8.18. The van der Waals surface area contributed by atoms with E-state index >= 15 is 0 Å². The van der Waals surface area contributed by atoms with E-state index in [1.54, 1.807) is 18.2 Å². The second-order valence-corrected chi connectivity index (χ2v) is 5.31. The van der Waals surface area contributed by atoms with Gasteiger partial charge in [-0.2, -0.15) is 0 Å². The number of benzene rings is 1. The van der Waals surface area contributed by atoms with E-state index < -0.39 is 17.1 Å². The number of ether oxygens (including phenoxy) is 2. The van der Waals surface area contributed by atoms with Gasteiger partial charge < -0.3 is 9.47 Å². The number of imide groups is 1. The molecule has 0 unspecified atom stereocenters. The summed E-state index contributed by atoms with van der Waals surface area (Å²) in [6.07, 6.45) is 1.59. The maximum absolute atomic E-state index is 12.2. The van der Waals surface area contributed by atoms with Crippen LogP contribution in [0.15, 0.2) is 29.2 Å². The fourth-order valence-electron chi connectivity index (χ4n) is 1.86. The van der Waals surface area contributed by atoms with Gasteiger partial charge in [0.2, 0.25) is 0 Å². The summed E-state index contributed by atoms with van der Waals surface area (Å²) in [6.45, 7) is 1.97. The van der Waals surface area contributed by atoms with E-state index in [4.69, 9.17) is 4.74 Å². The van der Waals surface area contributed by atoms with E-state index in [0.29, 0.717) is 17.9 Å². The van der Waals surface area contributed by atoms with Crippen molar-refractivity contribution in [2.45, 2.75) is 6.92 Å². The van der Waals surface area contributed by atoms with Crippen LogP contribution in [0.3, 0.4) is 0 Å². The molecule has 1 saturated heterocycles. The molecule has 6 nitrogen and oxygen atoms in total. The molecule has 0 aromatic heterocycles. The maximum Gasteiger partial charge on any atom is 0.325 e. The molecular formula is C15H15NO5S. The minimum absolute atomic E-state index is 0.251. The molecule has 0 N–H and O–H groups in total. The normalized spacial score (nSPS) is 16.3. The quantitative estimate of drug-likeness (QED) is 0.612. The molecular weight excluding hydrogens is 306 g/mol. The molecule has 1 aromatic rings. The van der Waals surface area contributed by atoms with Crippen LogP contribution in [0.5, 0.6) is 5.75 Å². The number of para-hydroxylation sites is 1. The predicted molar refractivity (Wildman–Crippen MR) is 82.3 cm³/mol. The second-order valence-electron chi connectivity index (χ2n) is 4.31. The van der Waals surface area contributed by atoms with Gasteiger partial charge in [-0.05, 0) is 30.8 Å². The van der Waals surface area contributed by atoms with Gasteiger partial charge in [-0.15, -0.1) is 0 Å². The van der Waals surface area contributed by atoms with Gasteiger partial charge in [-0.1, -0.05) is 18.2 Å². The van der Waals surface area contributed by atoms with Crippen LogP contribution in [-0.2, 0) is 14.3 Å². The first-order chi connectivity index (χ1) is 10.6. The first-order valence-electron chi connectivity index (χ1n) is 6.60. The Balaban J connectivity index is 2.25. The summed E-state index contributed by atoms with van der Waals surface area (Å²) in [4.78, 5) is 36.4. The Hall–Kier alpha value is -2.28. The number of nitrogens with zero attached hydrogens (tertiary/aromatic N) is 1. The van der Waals surface area contributed by atoms with E-state index in [0.717, 1.165) is 16.7 Å². The van der Waals surface area contributed by atoms with Crippen LogP contribution in [0.25, 0.3) is 6.08 Å². The highest BCUT2D eigenvalue weighted by Gasteiger charge is 2.36. The van der Waals surface area contributed by atoms with Crippen molar-refractivity contribution >= 4 is 35.0 Å². The summed E-state index contributed by atoms with van der Waals surface area (Å²) < 4.78 is 9.96. The molecule has 116 valence electrons. The molecule has 0 radical (unpaired) electrons. The molecule has 7 heteroatoms. The smallest absolute Gasteiger partial charge is 0.325 e. The Kier molecular flexibility index (Phi) is 5.21. The van der Waals surface area contributed by atoms with Gasteiger partial charge in [-0.3, -0.25) is 19.3 Å². The SMILES string of the molecule is CCOc1ccccc1/C=C1/SC(=O)N(CC(=O)OC)C1=O. The summed E-state index contributed by atoms with van der Waals surface area (Å²) in [5, 5.41) is -0.490. The van der Waals surface area contributed by atoms with Crippen molar-refractivity contribution < 1.29 is 23.9 Å². The average Bonchev–Trinajstić information content (AvgIpc) is 2.77. The molecule has 1 heterocycles. The number of carbonyl (C=O) groups is 3. The lowest BCUT2D eigenvalue weighted by Crippen LogP contribution is -2.34. The topological polar surface area (TPSA) is 72.9 Å². The Labute approximate surface area is 132 Å². The Bertz CT molecular complexity index is 641. The van der Waals surface area contributed by atoms with E-state index in [1.807, 2.05) is 19.1 Å². The third-order valence-electron chi connectivity index (χ3n) is 2.89. The second kappa shape index (κ2) is 7.13. The van der Waals surface area contributed by atoms with Crippen LogP contribution in [0, 0.1) is 0 Å². The number of carbonyl (C=O) groups excluding carboxylic acids is 3. The lowest BCUT2D eigenvalue weighted by atomic mass is 10.2. The third-order valence-corrected chi connectivity index (χ3v) is 3.80. The van der Waals surface area contributed by atoms with Gasteiger partial charge in [-0.25, -0.2) is 0 Å². The first kappa shape index (κ1) is 16.1. The van der Waals surface area contributed by atoms with Crippen LogP contribution in [0.2, 0.25) is 0 Å². The van der Waals surface area contributed by atoms with Crippen LogP contribution in [0.4, 0.5) is 4.79 Å². The zero-order valence-corrected chi connectivity index (χ0v) is 13.0. The van der Waals surface area contributed by atoms with Crippen LogP contribution < -0.4 is 4.74 Å². The largest absolute Gasteiger partial charge is 0.493 e. The van der Waals surface area contributed by atoms with Gasteiger partial charge in [0, 0.05) is 5.56 Å². The Morgan fingerprint density at radius 3 is 2.73 bits per heavy atom. The molecule has 0 atom stereocenters. The van der Waals surface area contributed by atoms with Gasteiger partial charge in [0.15, 0.2) is 0 Å². The minimum atomic E-state index is -0.640. The molecule has 1 fully saturated rings. The Morgan fingerprint density at radius 2 is 2.05 bits per heavy atom. The summed E-state index contributed by atoms with van der Waals surface area (Å²) in [6, 6.07) is 7.21. The van der Waals surface area contributed by atoms with Gasteiger partial charge >= 0.3 is 5.97 Å². The number of rotatable bonds is 5. The first-order valence-corrected chi connectivity index (χ1v) is 7.42. The van der Waals surface area contributed by atoms with E-state index in [1.165, 1.54) is 7.11 Å². The summed E-state index contributed by atoms with van der Waals surface area (Å²) in [7, 11) is 1.20. The number of thioether (sulfide) groups is 1. The number of hydrogen-bond acceptors (Lipinski definition) is 6. The summed E-state index contributed by atoms with van der Waals surface area (Å²) >= 11 is 0.791. The average molecular weight is 321 g/mol. The van der Waals surface area contributed by atoms with Gasteiger partial charge in [0.05, 0.1) is 18.6 Å². The molecule has 1 aliphatic rings. The van der Waals surface area contributed by atoms with Crippen molar-refractivity contribution in [1.29, 1.82) is 0 Å². The molecule has 0 saturated carbocycles. The maximum atomic E-state index is 12.2. The number of esters is 1. The number of hydrogen-bond donors (Lipinski definition) is 0. The zero-order chi connectivity index (χ0) is 16.1. The van der Waals surface area contributed by atoms with Gasteiger partial charge in [0.1, 0.15) is 12.3 Å². The fourth-order valence-corrected chi connectivity index (χ4v) is 2.69. The molecule has 22 heavy (non-hydrogen) atoms. The lowest BCUT2D eigenvalue weighted by Gasteiger charge is -2.10. The van der Waals surface area contributed by atoms with Crippen molar-refractivity contribution in [3.63, 3.8) is 0 Å². The van der Waals surface area contributed by atoms with Crippen LogP contribution >= 0.6 is 11.8 Å². The highest BCUT2D eigenvalue weighted by Crippen LogP contribution is 2.33. The van der Waals surface area contributed by atoms with Crippen molar-refractivity contribution in [1.82, 2.24) is 4.90 Å². The van der Waals surface area contributed by atoms with E-state index in [2.05, 4.69) is 4.74 Å². The van der Waals surface area contributed by atoms with Crippen molar-refractivity contribution in [3.05, 3.63) is 34.7 Å². The zero-order valence-electron chi connectivity index (χ0n) is 12.2. The molecule has 0 spiro atoms. The standard InChI is InChI=1S/C15H15NO5S/c1-3-21-11-7-5-4-6-10(11)8-12-14(18)16(15(19)22-12)9-13(17)20-2/h4-8H,3,9H2,1-2H3/b12-8+. The molecule has 2 amide bonds. The molecule has 2 rings (SSSR count). The number of methoxy groups -OCH3 is 1.